The van der Waals surface area contributed by atoms with Crippen LogP contribution in [0.25, 0.3) is 11.2 Å². The predicted molar refractivity (Wildman–Crippen MR) is 115 cm³/mol. The fourth-order valence-corrected chi connectivity index (χ4v) is 4.22. The zero-order valence-corrected chi connectivity index (χ0v) is 19.7. The van der Waals surface area contributed by atoms with E-state index in [1.165, 1.54) is 18.0 Å². The second-order valence-corrected chi connectivity index (χ2v) is 9.86. The smallest absolute Gasteiger partial charge is 0.363 e. The van der Waals surface area contributed by atoms with Gasteiger partial charge in [-0.2, -0.15) is 9.97 Å². The van der Waals surface area contributed by atoms with Crippen molar-refractivity contribution in [2.45, 2.75) is 44.2 Å². The number of hydrogen-bond acceptors (Lipinski definition) is 10. The Kier molecular flexibility index (Phi) is 7.91. The number of nitrogens with two attached hydrogens (primary N) is 1. The number of aromatic nitrogens is 4. The number of aliphatic hydroxyl groups is 1. The first-order valence-electron chi connectivity index (χ1n) is 9.90. The minimum Gasteiger partial charge on any atom is -0.386 e. The molecule has 1 amide bonds. The summed E-state index contributed by atoms with van der Waals surface area (Å²) >= 11 is 5.88. The number of ether oxygens (including phenoxy) is 3. The third-order valence-corrected chi connectivity index (χ3v) is 6.07. The second kappa shape index (κ2) is 10.2. The quantitative estimate of drug-likeness (QED) is 0.217. The number of halogens is 1. The first-order valence-corrected chi connectivity index (χ1v) is 12.0. The summed E-state index contributed by atoms with van der Waals surface area (Å²) in [6.07, 6.45) is -2.94. The summed E-state index contributed by atoms with van der Waals surface area (Å²) in [6.45, 7) is 3.41. The average molecular weight is 509 g/mol. The van der Waals surface area contributed by atoms with Crippen LogP contribution in [0, 0.1) is 5.92 Å². The standard InChI is InChI=1S/C17H26ClN6O8P/c1-7(2)4-20-14(26)16(33(27,28)29)31-5-8-11(30-3)10(25)15(32-8)24-6-21-9-12(19)22-17(18)23-13(9)24/h6-8,10-11,15-16,25H,4-5H2,1-3H3,(H,20,26)(H2,19,22,23)(H2,27,28,29)/t8-,10-,11-,15-,16-/m1/s1. The molecule has 1 fully saturated rings. The van der Waals surface area contributed by atoms with Crippen molar-refractivity contribution in [2.75, 3.05) is 26.0 Å². The highest BCUT2D eigenvalue weighted by molar-refractivity contribution is 7.53. The summed E-state index contributed by atoms with van der Waals surface area (Å²) < 4.78 is 29.6. The topological polar surface area (TPSA) is 204 Å². The van der Waals surface area contributed by atoms with Crippen molar-refractivity contribution in [3.8, 4) is 0 Å². The van der Waals surface area contributed by atoms with Gasteiger partial charge in [0, 0.05) is 13.7 Å². The molecule has 0 bridgehead atoms. The van der Waals surface area contributed by atoms with Gasteiger partial charge < -0.3 is 40.2 Å². The van der Waals surface area contributed by atoms with E-state index < -0.39 is 50.5 Å². The van der Waals surface area contributed by atoms with Crippen LogP contribution in [0.2, 0.25) is 5.28 Å². The Morgan fingerprint density at radius 2 is 2.12 bits per heavy atom. The van der Waals surface area contributed by atoms with Gasteiger partial charge in [-0.25, -0.2) is 4.98 Å². The van der Waals surface area contributed by atoms with Crippen LogP contribution >= 0.6 is 19.2 Å². The number of methoxy groups -OCH3 is 1. The van der Waals surface area contributed by atoms with E-state index in [1.807, 2.05) is 13.8 Å². The van der Waals surface area contributed by atoms with Crippen molar-refractivity contribution in [2.24, 2.45) is 5.92 Å². The molecule has 1 aliphatic heterocycles. The first kappa shape index (κ1) is 25.7. The highest BCUT2D eigenvalue weighted by atomic mass is 35.5. The van der Waals surface area contributed by atoms with Gasteiger partial charge in [-0.05, 0) is 17.5 Å². The molecule has 3 rings (SSSR count). The van der Waals surface area contributed by atoms with Crippen LogP contribution < -0.4 is 11.1 Å². The molecule has 16 heteroatoms. The Balaban J connectivity index is 1.79. The molecule has 6 N–H and O–H groups in total. The van der Waals surface area contributed by atoms with Crippen molar-refractivity contribution >= 4 is 42.1 Å². The van der Waals surface area contributed by atoms with Gasteiger partial charge in [-0.1, -0.05) is 13.8 Å². The highest BCUT2D eigenvalue weighted by Gasteiger charge is 2.47. The predicted octanol–water partition coefficient (Wildman–Crippen LogP) is -0.372. The van der Waals surface area contributed by atoms with Crippen molar-refractivity contribution in [1.82, 2.24) is 24.8 Å². The largest absolute Gasteiger partial charge is 0.386 e. The Bertz CT molecular complexity index is 1050. The molecule has 2 aromatic rings. The number of nitrogens with zero attached hydrogens (tertiary/aromatic N) is 4. The van der Waals surface area contributed by atoms with E-state index in [9.17, 15) is 24.3 Å². The number of fused-ring (bicyclic) bond motifs is 1. The number of carbonyl (C=O) groups is 1. The van der Waals surface area contributed by atoms with Gasteiger partial charge in [-0.3, -0.25) is 13.9 Å². The third-order valence-electron chi connectivity index (χ3n) is 4.91. The number of imidazole rings is 1. The van der Waals surface area contributed by atoms with Crippen LogP contribution in [0.1, 0.15) is 20.1 Å². The lowest BCUT2D eigenvalue weighted by Crippen LogP contribution is -2.41. The van der Waals surface area contributed by atoms with Crippen molar-refractivity contribution in [3.05, 3.63) is 11.6 Å². The first-order chi connectivity index (χ1) is 15.4. The van der Waals surface area contributed by atoms with Crippen LogP contribution in [0.15, 0.2) is 6.33 Å². The van der Waals surface area contributed by atoms with Crippen LogP contribution in [0.3, 0.4) is 0 Å². The molecule has 0 unspecified atom stereocenters. The molecule has 0 saturated carbocycles. The lowest BCUT2D eigenvalue weighted by atomic mass is 10.1. The van der Waals surface area contributed by atoms with Gasteiger partial charge in [0.15, 0.2) is 17.7 Å². The molecule has 5 atom stereocenters. The van der Waals surface area contributed by atoms with E-state index >= 15 is 0 Å². The van der Waals surface area contributed by atoms with Crippen molar-refractivity contribution in [1.29, 1.82) is 0 Å². The maximum absolute atomic E-state index is 12.3. The van der Waals surface area contributed by atoms with E-state index in [0.29, 0.717) is 0 Å². The maximum Gasteiger partial charge on any atom is 0.363 e. The number of anilines is 1. The molecule has 184 valence electrons. The molecule has 14 nitrogen and oxygen atoms in total. The molecule has 0 spiro atoms. The number of amides is 1. The van der Waals surface area contributed by atoms with E-state index in [4.69, 9.17) is 31.5 Å². The van der Waals surface area contributed by atoms with Crippen molar-refractivity contribution in [3.63, 3.8) is 0 Å². The summed E-state index contributed by atoms with van der Waals surface area (Å²) in [5.41, 5.74) is 6.25. The molecular weight excluding hydrogens is 483 g/mol. The summed E-state index contributed by atoms with van der Waals surface area (Å²) in [5.74, 6) is -2.90. The normalized spacial score (nSPS) is 24.5. The van der Waals surface area contributed by atoms with Gasteiger partial charge >= 0.3 is 7.60 Å². The Morgan fingerprint density at radius 3 is 2.73 bits per heavy atom. The van der Waals surface area contributed by atoms with Crippen LogP contribution in [0.5, 0.6) is 0 Å². The van der Waals surface area contributed by atoms with Gasteiger partial charge in [0.25, 0.3) is 5.91 Å². The van der Waals surface area contributed by atoms with Crippen LogP contribution in [-0.4, -0.2) is 84.7 Å². The average Bonchev–Trinajstić information content (AvgIpc) is 3.26. The number of hydrogen-bond donors (Lipinski definition) is 5. The molecule has 0 radical (unpaired) electrons. The molecule has 0 aromatic carbocycles. The Labute approximate surface area is 193 Å². The summed E-state index contributed by atoms with van der Waals surface area (Å²) in [4.78, 5) is 43.5. The van der Waals surface area contributed by atoms with Crippen molar-refractivity contribution < 1.29 is 38.5 Å². The van der Waals surface area contributed by atoms with Gasteiger partial charge in [0.1, 0.15) is 23.8 Å². The van der Waals surface area contributed by atoms with Gasteiger partial charge in [0.2, 0.25) is 11.1 Å². The lowest BCUT2D eigenvalue weighted by molar-refractivity contribution is -0.133. The fourth-order valence-electron chi connectivity index (χ4n) is 3.38. The Hall–Kier alpha value is -1.90. The molecule has 1 saturated heterocycles. The number of rotatable bonds is 9. The summed E-state index contributed by atoms with van der Waals surface area (Å²) in [7, 11) is -3.63. The molecule has 2 aromatic heterocycles. The van der Waals surface area contributed by atoms with E-state index in [0.717, 1.165) is 0 Å². The third kappa shape index (κ3) is 5.61. The summed E-state index contributed by atoms with van der Waals surface area (Å²) in [5, 5.41) is 13.1. The zero-order chi connectivity index (χ0) is 24.5. The second-order valence-electron chi connectivity index (χ2n) is 7.87. The van der Waals surface area contributed by atoms with E-state index in [2.05, 4.69) is 20.3 Å². The Morgan fingerprint density at radius 1 is 1.42 bits per heavy atom. The molecule has 0 aliphatic carbocycles. The fraction of sp³-hybridized carbons (Fsp3) is 0.647. The van der Waals surface area contributed by atoms with Crippen LogP contribution in [0.4, 0.5) is 5.82 Å². The van der Waals surface area contributed by atoms with E-state index in [-0.39, 0.29) is 34.7 Å². The monoisotopic (exact) mass is 508 g/mol. The molecule has 33 heavy (non-hydrogen) atoms. The van der Waals surface area contributed by atoms with Gasteiger partial charge in [0.05, 0.1) is 12.9 Å². The molecule has 1 aliphatic rings. The van der Waals surface area contributed by atoms with Crippen LogP contribution in [-0.2, 0) is 23.6 Å². The summed E-state index contributed by atoms with van der Waals surface area (Å²) in [6, 6.07) is 0. The number of nitrogens with one attached hydrogen (secondary N) is 1. The number of aliphatic hydroxyl groups excluding tert-OH is 1. The number of carbonyl (C=O) groups excluding carboxylic acids is 1. The lowest BCUT2D eigenvalue weighted by Gasteiger charge is -2.23. The maximum atomic E-state index is 12.3. The van der Waals surface area contributed by atoms with E-state index in [1.54, 1.807) is 0 Å². The minimum atomic E-state index is -4.95. The molecule has 3 heterocycles. The number of nitrogen functional groups attached to an aromatic ring is 1. The zero-order valence-electron chi connectivity index (χ0n) is 18.0. The SMILES string of the molecule is CO[C@H]1[C@@H](O)[C@H](n2cnc3c(N)nc(Cl)nc32)O[C@@H]1CO[C@@H](C(=O)NCC(C)C)P(=O)(O)O. The molecular formula is C17H26ClN6O8P. The minimum absolute atomic E-state index is 0.0382. The highest BCUT2D eigenvalue weighted by Crippen LogP contribution is 2.43. The van der Waals surface area contributed by atoms with Gasteiger partial charge in [-0.15, -0.1) is 0 Å².